The van der Waals surface area contributed by atoms with Crippen LogP contribution in [0.25, 0.3) is 0 Å². The molecular formula is C13H12BrClN2O3. The molecule has 0 fully saturated rings. The van der Waals surface area contributed by atoms with Gasteiger partial charge < -0.3 is 14.5 Å². The third kappa shape index (κ3) is 3.46. The summed E-state index contributed by atoms with van der Waals surface area (Å²) in [4.78, 5) is 11.9. The van der Waals surface area contributed by atoms with Crippen molar-refractivity contribution in [3.63, 3.8) is 0 Å². The van der Waals surface area contributed by atoms with Gasteiger partial charge in [-0.05, 0) is 40.5 Å². The zero-order chi connectivity index (χ0) is 14.7. The fourth-order valence-corrected chi connectivity index (χ4v) is 2.04. The highest BCUT2D eigenvalue weighted by molar-refractivity contribution is 9.10. The third-order valence-corrected chi connectivity index (χ3v) is 3.37. The SMILES string of the molecule is COc1cc(Cl)c(C)cc1NC(=O)Nc1ccc(Br)o1. The monoisotopic (exact) mass is 358 g/mol. The number of anilines is 2. The molecule has 1 aromatic heterocycles. The van der Waals surface area contributed by atoms with Crippen LogP contribution in [0.3, 0.4) is 0 Å². The van der Waals surface area contributed by atoms with Crippen molar-refractivity contribution in [1.82, 2.24) is 0 Å². The summed E-state index contributed by atoms with van der Waals surface area (Å²) in [6.45, 7) is 1.84. The highest BCUT2D eigenvalue weighted by Gasteiger charge is 2.11. The number of nitrogens with one attached hydrogen (secondary N) is 2. The van der Waals surface area contributed by atoms with E-state index in [0.717, 1.165) is 5.56 Å². The molecule has 0 atom stereocenters. The topological polar surface area (TPSA) is 63.5 Å². The van der Waals surface area contributed by atoms with Crippen LogP contribution in [0.1, 0.15) is 5.56 Å². The van der Waals surface area contributed by atoms with Gasteiger partial charge in [-0.25, -0.2) is 4.79 Å². The maximum absolute atomic E-state index is 11.9. The van der Waals surface area contributed by atoms with Crippen LogP contribution in [-0.2, 0) is 0 Å². The number of carbonyl (C=O) groups excluding carboxylic acids is 1. The van der Waals surface area contributed by atoms with Crippen LogP contribution in [0.5, 0.6) is 5.75 Å². The van der Waals surface area contributed by atoms with Crippen molar-refractivity contribution in [2.45, 2.75) is 6.92 Å². The summed E-state index contributed by atoms with van der Waals surface area (Å²) in [7, 11) is 1.51. The molecule has 0 spiro atoms. The Hall–Kier alpha value is -1.66. The van der Waals surface area contributed by atoms with E-state index in [1.54, 1.807) is 24.3 Å². The van der Waals surface area contributed by atoms with Crippen molar-refractivity contribution < 1.29 is 13.9 Å². The number of ether oxygens (including phenoxy) is 1. The number of hydrogen-bond acceptors (Lipinski definition) is 3. The molecule has 1 aromatic carbocycles. The van der Waals surface area contributed by atoms with Crippen LogP contribution in [0.4, 0.5) is 16.4 Å². The van der Waals surface area contributed by atoms with Crippen molar-refractivity contribution in [2.75, 3.05) is 17.7 Å². The number of furan rings is 1. The summed E-state index contributed by atoms with van der Waals surface area (Å²) < 4.78 is 10.9. The zero-order valence-electron chi connectivity index (χ0n) is 10.8. The molecule has 1 heterocycles. The predicted molar refractivity (Wildman–Crippen MR) is 81.8 cm³/mol. The number of amides is 2. The van der Waals surface area contributed by atoms with E-state index in [2.05, 4.69) is 26.6 Å². The molecule has 2 rings (SSSR count). The van der Waals surface area contributed by atoms with E-state index >= 15 is 0 Å². The number of carbonyl (C=O) groups is 1. The fourth-order valence-electron chi connectivity index (χ4n) is 1.58. The summed E-state index contributed by atoms with van der Waals surface area (Å²) >= 11 is 9.16. The summed E-state index contributed by atoms with van der Waals surface area (Å²) in [6.07, 6.45) is 0. The van der Waals surface area contributed by atoms with Crippen molar-refractivity contribution in [3.8, 4) is 5.75 Å². The molecule has 0 bridgehead atoms. The van der Waals surface area contributed by atoms with E-state index in [-0.39, 0.29) is 0 Å². The molecular weight excluding hydrogens is 348 g/mol. The number of methoxy groups -OCH3 is 1. The van der Waals surface area contributed by atoms with E-state index < -0.39 is 6.03 Å². The van der Waals surface area contributed by atoms with Crippen LogP contribution in [-0.4, -0.2) is 13.1 Å². The molecule has 20 heavy (non-hydrogen) atoms. The molecule has 0 saturated carbocycles. The van der Waals surface area contributed by atoms with E-state index in [9.17, 15) is 4.79 Å². The van der Waals surface area contributed by atoms with Crippen LogP contribution in [0.15, 0.2) is 33.4 Å². The zero-order valence-corrected chi connectivity index (χ0v) is 13.1. The van der Waals surface area contributed by atoms with Gasteiger partial charge in [0.2, 0.25) is 5.88 Å². The van der Waals surface area contributed by atoms with Gasteiger partial charge in [0.05, 0.1) is 12.8 Å². The number of aryl methyl sites for hydroxylation is 1. The van der Waals surface area contributed by atoms with Crippen molar-refractivity contribution in [3.05, 3.63) is 39.5 Å². The molecule has 0 radical (unpaired) electrons. The first-order chi connectivity index (χ1) is 9.49. The van der Waals surface area contributed by atoms with Gasteiger partial charge in [-0.2, -0.15) is 0 Å². The molecule has 106 valence electrons. The van der Waals surface area contributed by atoms with Gasteiger partial charge >= 0.3 is 6.03 Å². The average Bonchev–Trinajstić information content (AvgIpc) is 2.78. The van der Waals surface area contributed by atoms with Gasteiger partial charge in [-0.15, -0.1) is 0 Å². The highest BCUT2D eigenvalue weighted by atomic mass is 79.9. The Labute approximate surface area is 129 Å². The van der Waals surface area contributed by atoms with Gasteiger partial charge in [-0.3, -0.25) is 5.32 Å². The molecule has 5 nitrogen and oxygen atoms in total. The second-order valence-electron chi connectivity index (χ2n) is 3.98. The average molecular weight is 360 g/mol. The molecule has 0 aliphatic carbocycles. The predicted octanol–water partition coefficient (Wildman–Crippen LogP) is 4.66. The lowest BCUT2D eigenvalue weighted by molar-refractivity contribution is 0.261. The summed E-state index contributed by atoms with van der Waals surface area (Å²) in [5.41, 5.74) is 1.36. The van der Waals surface area contributed by atoms with E-state index in [4.69, 9.17) is 20.8 Å². The minimum atomic E-state index is -0.438. The van der Waals surface area contributed by atoms with Gasteiger partial charge in [0, 0.05) is 17.2 Å². The van der Waals surface area contributed by atoms with Crippen LogP contribution >= 0.6 is 27.5 Å². The number of hydrogen-bond donors (Lipinski definition) is 2. The number of rotatable bonds is 3. The van der Waals surface area contributed by atoms with E-state index in [1.165, 1.54) is 7.11 Å². The fraction of sp³-hybridized carbons (Fsp3) is 0.154. The Kier molecular flexibility index (Phi) is 4.57. The maximum Gasteiger partial charge on any atom is 0.326 e. The first-order valence-corrected chi connectivity index (χ1v) is 6.84. The summed E-state index contributed by atoms with van der Waals surface area (Å²) in [5, 5.41) is 5.81. The van der Waals surface area contributed by atoms with Crippen molar-refractivity contribution >= 4 is 45.1 Å². The first kappa shape index (κ1) is 14.7. The highest BCUT2D eigenvalue weighted by Crippen LogP contribution is 2.31. The number of urea groups is 1. The Morgan fingerprint density at radius 1 is 1.35 bits per heavy atom. The quantitative estimate of drug-likeness (QED) is 0.838. The van der Waals surface area contributed by atoms with Gasteiger partial charge in [0.15, 0.2) is 4.67 Å². The molecule has 0 aliphatic rings. The maximum atomic E-state index is 11.9. The molecule has 0 aliphatic heterocycles. The van der Waals surface area contributed by atoms with E-state index in [0.29, 0.717) is 27.0 Å². The van der Waals surface area contributed by atoms with Gasteiger partial charge in [0.25, 0.3) is 0 Å². The van der Waals surface area contributed by atoms with Crippen LogP contribution in [0, 0.1) is 6.92 Å². The summed E-state index contributed by atoms with van der Waals surface area (Å²) in [6, 6.07) is 6.26. The van der Waals surface area contributed by atoms with E-state index in [1.807, 2.05) is 6.92 Å². The minimum Gasteiger partial charge on any atom is -0.495 e. The largest absolute Gasteiger partial charge is 0.495 e. The lowest BCUT2D eigenvalue weighted by Gasteiger charge is -2.12. The molecule has 2 aromatic rings. The smallest absolute Gasteiger partial charge is 0.326 e. The molecule has 7 heteroatoms. The second kappa shape index (κ2) is 6.19. The number of benzene rings is 1. The lowest BCUT2D eigenvalue weighted by atomic mass is 10.2. The molecule has 2 N–H and O–H groups in total. The van der Waals surface area contributed by atoms with Gasteiger partial charge in [0.1, 0.15) is 5.75 Å². The molecule has 0 saturated heterocycles. The number of halogens is 2. The van der Waals surface area contributed by atoms with Crippen molar-refractivity contribution in [2.24, 2.45) is 0 Å². The van der Waals surface area contributed by atoms with Gasteiger partial charge in [-0.1, -0.05) is 11.6 Å². The first-order valence-electron chi connectivity index (χ1n) is 5.67. The van der Waals surface area contributed by atoms with Crippen molar-refractivity contribution in [1.29, 1.82) is 0 Å². The minimum absolute atomic E-state index is 0.332. The standard InChI is InChI=1S/C13H12BrClN2O3/c1-7-5-9(10(19-2)6-8(7)15)16-13(18)17-12-4-3-11(14)20-12/h3-6H,1-2H3,(H2,16,17,18). The third-order valence-electron chi connectivity index (χ3n) is 2.54. The Balaban J connectivity index is 2.13. The second-order valence-corrected chi connectivity index (χ2v) is 5.17. The normalized spacial score (nSPS) is 10.2. The lowest BCUT2D eigenvalue weighted by Crippen LogP contribution is -2.19. The van der Waals surface area contributed by atoms with Crippen LogP contribution < -0.4 is 15.4 Å². The molecule has 0 unspecified atom stereocenters. The summed E-state index contributed by atoms with van der Waals surface area (Å²) in [5.74, 6) is 0.815. The molecule has 2 amide bonds. The Morgan fingerprint density at radius 3 is 2.70 bits per heavy atom. The van der Waals surface area contributed by atoms with Crippen LogP contribution in [0.2, 0.25) is 5.02 Å². The Bertz CT molecular complexity index is 643. The Morgan fingerprint density at radius 2 is 2.10 bits per heavy atom.